The molecule has 0 fully saturated rings. The largest absolute Gasteiger partial charge is 0.506 e. The summed E-state index contributed by atoms with van der Waals surface area (Å²) >= 11 is 0. The van der Waals surface area contributed by atoms with Crippen LogP contribution in [0.25, 0.3) is 6.08 Å². The maximum Gasteiger partial charge on any atom is 0.139 e. The lowest BCUT2D eigenvalue weighted by Crippen LogP contribution is -1.91. The molecular formula is C12H15NO. The number of phenolic OH excluding ortho intramolecular Hbond substituents is 1. The second kappa shape index (κ2) is 4.51. The van der Waals surface area contributed by atoms with E-state index in [-0.39, 0.29) is 5.75 Å². The summed E-state index contributed by atoms with van der Waals surface area (Å²) in [5.74, 6) is 0.261. The van der Waals surface area contributed by atoms with Crippen molar-refractivity contribution < 1.29 is 5.11 Å². The van der Waals surface area contributed by atoms with Gasteiger partial charge in [0, 0.05) is 12.6 Å². The molecule has 0 spiro atoms. The minimum absolute atomic E-state index is 0.261. The van der Waals surface area contributed by atoms with Crippen molar-refractivity contribution in [1.82, 2.24) is 0 Å². The fraction of sp³-hybridized carbons (Fsp3) is 0.167. The van der Waals surface area contributed by atoms with Gasteiger partial charge in [-0.1, -0.05) is 36.4 Å². The summed E-state index contributed by atoms with van der Waals surface area (Å²) in [6, 6.07) is 5.41. The monoisotopic (exact) mass is 189 g/mol. The zero-order valence-electron chi connectivity index (χ0n) is 8.54. The first-order valence-corrected chi connectivity index (χ1v) is 4.48. The van der Waals surface area contributed by atoms with Crippen LogP contribution >= 0.6 is 0 Å². The normalized spacial score (nSPS) is 10.4. The van der Waals surface area contributed by atoms with E-state index in [9.17, 15) is 5.11 Å². The number of nitrogens with one attached hydrogen (secondary N) is 1. The molecule has 0 saturated heterocycles. The maximum absolute atomic E-state index is 9.54. The number of rotatable bonds is 3. The molecule has 0 bridgehead atoms. The van der Waals surface area contributed by atoms with Gasteiger partial charge >= 0.3 is 0 Å². The lowest BCUT2D eigenvalue weighted by Gasteiger charge is -2.07. The fourth-order valence-electron chi connectivity index (χ4n) is 1.20. The molecule has 0 saturated carbocycles. The Morgan fingerprint density at radius 1 is 1.50 bits per heavy atom. The number of benzene rings is 1. The molecule has 1 rings (SSSR count). The highest BCUT2D eigenvalue weighted by Crippen LogP contribution is 2.27. The predicted octanol–water partition coefficient (Wildman–Crippen LogP) is 3.02. The van der Waals surface area contributed by atoms with Crippen LogP contribution in [0.4, 0.5) is 5.69 Å². The Bertz CT molecular complexity index is 367. The van der Waals surface area contributed by atoms with E-state index < -0.39 is 0 Å². The van der Waals surface area contributed by atoms with Gasteiger partial charge in [0.2, 0.25) is 0 Å². The Morgan fingerprint density at radius 2 is 2.21 bits per heavy atom. The first-order valence-electron chi connectivity index (χ1n) is 4.48. The van der Waals surface area contributed by atoms with Crippen LogP contribution < -0.4 is 5.32 Å². The van der Waals surface area contributed by atoms with Crippen LogP contribution in [0.5, 0.6) is 5.75 Å². The summed E-state index contributed by atoms with van der Waals surface area (Å²) in [5, 5.41) is 12.5. The van der Waals surface area contributed by atoms with Crippen LogP contribution in [0.1, 0.15) is 12.5 Å². The van der Waals surface area contributed by atoms with Crippen molar-refractivity contribution in [2.24, 2.45) is 0 Å². The van der Waals surface area contributed by atoms with Crippen molar-refractivity contribution in [2.45, 2.75) is 6.92 Å². The molecule has 2 N–H and O–H groups in total. The van der Waals surface area contributed by atoms with Crippen LogP contribution in [0.15, 0.2) is 36.4 Å². The van der Waals surface area contributed by atoms with E-state index >= 15 is 0 Å². The molecule has 1 aromatic rings. The average Bonchev–Trinajstić information content (AvgIpc) is 2.14. The number of hydrogen-bond acceptors (Lipinski definition) is 2. The minimum Gasteiger partial charge on any atom is -0.506 e. The summed E-state index contributed by atoms with van der Waals surface area (Å²) in [4.78, 5) is 0. The molecule has 0 aromatic heterocycles. The summed E-state index contributed by atoms with van der Waals surface area (Å²) in [6.45, 7) is 5.71. The van der Waals surface area contributed by atoms with Crippen molar-refractivity contribution >= 4 is 11.8 Å². The van der Waals surface area contributed by atoms with Gasteiger partial charge in [-0.2, -0.15) is 0 Å². The highest BCUT2D eigenvalue weighted by molar-refractivity contribution is 5.72. The molecule has 2 nitrogen and oxygen atoms in total. The van der Waals surface area contributed by atoms with Crippen molar-refractivity contribution in [2.75, 3.05) is 12.4 Å². The number of para-hydroxylation sites is 1. The number of anilines is 1. The molecule has 0 atom stereocenters. The number of phenols is 1. The first-order chi connectivity index (χ1) is 6.65. The van der Waals surface area contributed by atoms with E-state index in [0.717, 1.165) is 16.8 Å². The van der Waals surface area contributed by atoms with Gasteiger partial charge in [0.15, 0.2) is 0 Å². The molecule has 14 heavy (non-hydrogen) atoms. The van der Waals surface area contributed by atoms with Gasteiger partial charge in [-0.3, -0.25) is 0 Å². The van der Waals surface area contributed by atoms with E-state index in [2.05, 4.69) is 11.9 Å². The lowest BCUT2D eigenvalue weighted by molar-refractivity contribution is 0.477. The standard InChI is InChI=1S/C12H15NO/c1-9(2)7-8-10-5-4-6-11(14)12(10)13-3/h4-8,13-14H,1H2,2-3H3/b8-7-. The molecule has 0 aliphatic heterocycles. The van der Waals surface area contributed by atoms with E-state index in [1.807, 2.05) is 31.2 Å². The Morgan fingerprint density at radius 3 is 2.79 bits per heavy atom. The third-order valence-electron chi connectivity index (χ3n) is 1.87. The Hall–Kier alpha value is -1.70. The number of allylic oxidation sites excluding steroid dienone is 2. The second-order valence-corrected chi connectivity index (χ2v) is 3.17. The predicted molar refractivity (Wildman–Crippen MR) is 61.5 cm³/mol. The molecule has 74 valence electrons. The topological polar surface area (TPSA) is 32.3 Å². The summed E-state index contributed by atoms with van der Waals surface area (Å²) in [5.41, 5.74) is 2.68. The summed E-state index contributed by atoms with van der Waals surface area (Å²) < 4.78 is 0. The lowest BCUT2D eigenvalue weighted by atomic mass is 10.1. The Balaban J connectivity index is 3.08. The molecule has 0 aliphatic carbocycles. The van der Waals surface area contributed by atoms with Crippen LogP contribution in [0.3, 0.4) is 0 Å². The smallest absolute Gasteiger partial charge is 0.139 e. The molecule has 0 heterocycles. The quantitative estimate of drug-likeness (QED) is 0.566. The van der Waals surface area contributed by atoms with Crippen molar-refractivity contribution in [1.29, 1.82) is 0 Å². The van der Waals surface area contributed by atoms with E-state index in [4.69, 9.17) is 0 Å². The third kappa shape index (κ3) is 2.39. The molecule has 2 heteroatoms. The molecular weight excluding hydrogens is 174 g/mol. The molecule has 0 radical (unpaired) electrons. The van der Waals surface area contributed by atoms with Crippen molar-refractivity contribution in [3.8, 4) is 5.75 Å². The van der Waals surface area contributed by atoms with Gasteiger partial charge < -0.3 is 10.4 Å². The number of aromatic hydroxyl groups is 1. The van der Waals surface area contributed by atoms with Gasteiger partial charge in [0.25, 0.3) is 0 Å². The average molecular weight is 189 g/mol. The molecule has 0 aliphatic rings. The van der Waals surface area contributed by atoms with Crippen LogP contribution in [-0.2, 0) is 0 Å². The zero-order valence-corrected chi connectivity index (χ0v) is 8.54. The third-order valence-corrected chi connectivity index (χ3v) is 1.87. The Labute approximate surface area is 84.6 Å². The van der Waals surface area contributed by atoms with Gasteiger partial charge in [-0.25, -0.2) is 0 Å². The minimum atomic E-state index is 0.261. The number of hydrogen-bond donors (Lipinski definition) is 2. The highest BCUT2D eigenvalue weighted by atomic mass is 16.3. The van der Waals surface area contributed by atoms with E-state index in [1.54, 1.807) is 13.1 Å². The zero-order chi connectivity index (χ0) is 10.6. The van der Waals surface area contributed by atoms with Gasteiger partial charge in [-0.15, -0.1) is 0 Å². The first kappa shape index (κ1) is 10.4. The summed E-state index contributed by atoms with van der Waals surface area (Å²) in [7, 11) is 1.78. The highest BCUT2D eigenvalue weighted by Gasteiger charge is 2.01. The maximum atomic E-state index is 9.54. The van der Waals surface area contributed by atoms with Gasteiger partial charge in [0.1, 0.15) is 5.75 Å². The SMILES string of the molecule is C=C(C)/C=C\c1cccc(O)c1NC. The van der Waals surface area contributed by atoms with Crippen molar-refractivity contribution in [3.63, 3.8) is 0 Å². The van der Waals surface area contributed by atoms with E-state index in [0.29, 0.717) is 0 Å². The second-order valence-electron chi connectivity index (χ2n) is 3.17. The van der Waals surface area contributed by atoms with Gasteiger partial charge in [-0.05, 0) is 13.0 Å². The molecule has 1 aromatic carbocycles. The van der Waals surface area contributed by atoms with Crippen molar-refractivity contribution in [3.05, 3.63) is 42.0 Å². The molecule has 0 amide bonds. The summed E-state index contributed by atoms with van der Waals surface area (Å²) in [6.07, 6.45) is 3.84. The van der Waals surface area contributed by atoms with Crippen LogP contribution in [0.2, 0.25) is 0 Å². The molecule has 0 unspecified atom stereocenters. The fourth-order valence-corrected chi connectivity index (χ4v) is 1.20. The van der Waals surface area contributed by atoms with E-state index in [1.165, 1.54) is 0 Å². The van der Waals surface area contributed by atoms with Crippen LogP contribution in [0, 0.1) is 0 Å². The van der Waals surface area contributed by atoms with Crippen LogP contribution in [-0.4, -0.2) is 12.2 Å². The van der Waals surface area contributed by atoms with Gasteiger partial charge in [0.05, 0.1) is 5.69 Å². The Kier molecular flexibility index (Phi) is 3.35.